The summed E-state index contributed by atoms with van der Waals surface area (Å²) in [6, 6.07) is 16.2. The fourth-order valence-electron chi connectivity index (χ4n) is 2.12. The van der Waals surface area contributed by atoms with Gasteiger partial charge in [-0.25, -0.2) is 0 Å². The van der Waals surface area contributed by atoms with E-state index in [4.69, 9.17) is 21.3 Å². The normalized spacial score (nSPS) is 10.8. The van der Waals surface area contributed by atoms with E-state index in [1.807, 2.05) is 36.4 Å². The van der Waals surface area contributed by atoms with Crippen LogP contribution in [0.5, 0.6) is 0 Å². The first-order valence-electron chi connectivity index (χ1n) is 6.83. The number of halogens is 1. The Labute approximate surface area is 137 Å². The predicted octanol–water partition coefficient (Wildman–Crippen LogP) is 4.61. The van der Waals surface area contributed by atoms with Gasteiger partial charge in [-0.2, -0.15) is 5.26 Å². The van der Waals surface area contributed by atoms with E-state index < -0.39 is 0 Å². The molecule has 3 aromatic rings. The Morgan fingerprint density at radius 3 is 2.83 bits per heavy atom. The van der Waals surface area contributed by atoms with Crippen LogP contribution in [0.3, 0.4) is 0 Å². The van der Waals surface area contributed by atoms with Gasteiger partial charge in [0, 0.05) is 17.1 Å². The van der Waals surface area contributed by atoms with Crippen molar-refractivity contribution >= 4 is 40.2 Å². The maximum Gasteiger partial charge on any atom is 0.248 e. The summed E-state index contributed by atoms with van der Waals surface area (Å²) < 4.78 is 5.59. The lowest BCUT2D eigenvalue weighted by Crippen LogP contribution is -2.07. The molecule has 4 nitrogen and oxygen atoms in total. The molecule has 3 rings (SSSR count). The minimum Gasteiger partial charge on any atom is -0.457 e. The molecule has 0 atom stereocenters. The van der Waals surface area contributed by atoms with Crippen molar-refractivity contribution in [3.05, 3.63) is 71.0 Å². The van der Waals surface area contributed by atoms with Gasteiger partial charge in [-0.05, 0) is 36.4 Å². The summed E-state index contributed by atoms with van der Waals surface area (Å²) in [5, 5.41) is 12.9. The monoisotopic (exact) mass is 322 g/mol. The van der Waals surface area contributed by atoms with Crippen molar-refractivity contribution in [1.29, 1.82) is 5.26 Å². The SMILES string of the molecule is N#Cc1cc(NC(=O)/C=C/c2cc3ccccc3o2)ccc1Cl. The van der Waals surface area contributed by atoms with Gasteiger partial charge in [0.05, 0.1) is 10.6 Å². The van der Waals surface area contributed by atoms with Gasteiger partial charge in [0.15, 0.2) is 0 Å². The molecule has 1 N–H and O–H groups in total. The number of anilines is 1. The summed E-state index contributed by atoms with van der Waals surface area (Å²) in [5.74, 6) is 0.270. The number of rotatable bonds is 3. The number of hydrogen-bond acceptors (Lipinski definition) is 3. The van der Waals surface area contributed by atoms with Gasteiger partial charge in [-0.15, -0.1) is 0 Å². The number of carbonyl (C=O) groups is 1. The van der Waals surface area contributed by atoms with Crippen LogP contribution in [-0.4, -0.2) is 5.91 Å². The largest absolute Gasteiger partial charge is 0.457 e. The van der Waals surface area contributed by atoms with E-state index in [1.54, 1.807) is 18.2 Å². The maximum atomic E-state index is 11.9. The molecule has 0 saturated carbocycles. The van der Waals surface area contributed by atoms with Gasteiger partial charge in [0.2, 0.25) is 5.91 Å². The number of fused-ring (bicyclic) bond motifs is 1. The van der Waals surface area contributed by atoms with E-state index in [0.717, 1.165) is 11.0 Å². The fourth-order valence-corrected chi connectivity index (χ4v) is 2.27. The van der Waals surface area contributed by atoms with Gasteiger partial charge in [0.25, 0.3) is 0 Å². The van der Waals surface area contributed by atoms with Crippen LogP contribution in [0, 0.1) is 11.3 Å². The van der Waals surface area contributed by atoms with Gasteiger partial charge in [-0.1, -0.05) is 29.8 Å². The zero-order valence-electron chi connectivity index (χ0n) is 11.9. The summed E-state index contributed by atoms with van der Waals surface area (Å²) in [6.07, 6.45) is 2.97. The Morgan fingerprint density at radius 1 is 1.22 bits per heavy atom. The van der Waals surface area contributed by atoms with Gasteiger partial charge in [0.1, 0.15) is 17.4 Å². The minimum atomic E-state index is -0.323. The number of para-hydroxylation sites is 1. The zero-order valence-corrected chi connectivity index (χ0v) is 12.7. The molecule has 1 heterocycles. The lowest BCUT2D eigenvalue weighted by atomic mass is 10.2. The number of nitrogens with one attached hydrogen (secondary N) is 1. The molecule has 0 spiro atoms. The molecule has 5 heteroatoms. The van der Waals surface area contributed by atoms with E-state index >= 15 is 0 Å². The molecule has 0 aliphatic rings. The summed E-state index contributed by atoms with van der Waals surface area (Å²) in [7, 11) is 0. The van der Waals surface area contributed by atoms with Crippen molar-refractivity contribution < 1.29 is 9.21 Å². The lowest BCUT2D eigenvalue weighted by Gasteiger charge is -2.03. The molecular weight excluding hydrogens is 312 g/mol. The number of nitrogens with zero attached hydrogens (tertiary/aromatic N) is 1. The number of amides is 1. The van der Waals surface area contributed by atoms with Gasteiger partial charge < -0.3 is 9.73 Å². The molecule has 1 aromatic heterocycles. The lowest BCUT2D eigenvalue weighted by molar-refractivity contribution is -0.111. The highest BCUT2D eigenvalue weighted by atomic mass is 35.5. The molecule has 2 aromatic carbocycles. The van der Waals surface area contributed by atoms with E-state index in [0.29, 0.717) is 22.0 Å². The van der Waals surface area contributed by atoms with Crippen LogP contribution >= 0.6 is 11.6 Å². The quantitative estimate of drug-likeness (QED) is 0.716. The van der Waals surface area contributed by atoms with Crippen LogP contribution in [0.15, 0.2) is 59.0 Å². The molecule has 0 aliphatic carbocycles. The van der Waals surface area contributed by atoms with Crippen LogP contribution in [-0.2, 0) is 4.79 Å². The van der Waals surface area contributed by atoms with Crippen molar-refractivity contribution in [1.82, 2.24) is 0 Å². The third kappa shape index (κ3) is 3.42. The van der Waals surface area contributed by atoms with Crippen LogP contribution in [0.4, 0.5) is 5.69 Å². The molecule has 1 amide bonds. The van der Waals surface area contributed by atoms with E-state index in [2.05, 4.69) is 5.32 Å². The number of carbonyl (C=O) groups excluding carboxylic acids is 1. The third-order valence-electron chi connectivity index (χ3n) is 3.20. The average molecular weight is 323 g/mol. The fraction of sp³-hybridized carbons (Fsp3) is 0. The maximum absolute atomic E-state index is 11.9. The number of benzene rings is 2. The highest BCUT2D eigenvalue weighted by Gasteiger charge is 2.04. The summed E-state index contributed by atoms with van der Waals surface area (Å²) in [4.78, 5) is 11.9. The third-order valence-corrected chi connectivity index (χ3v) is 3.53. The van der Waals surface area contributed by atoms with E-state index in [-0.39, 0.29) is 5.91 Å². The van der Waals surface area contributed by atoms with E-state index in [9.17, 15) is 4.79 Å². The number of hydrogen-bond donors (Lipinski definition) is 1. The van der Waals surface area contributed by atoms with Crippen molar-refractivity contribution in [3.8, 4) is 6.07 Å². The van der Waals surface area contributed by atoms with Gasteiger partial charge >= 0.3 is 0 Å². The molecule has 112 valence electrons. The first-order chi connectivity index (χ1) is 11.2. The second-order valence-electron chi connectivity index (χ2n) is 4.82. The Kier molecular flexibility index (Phi) is 4.13. The minimum absolute atomic E-state index is 0.311. The standard InChI is InChI=1S/C18H11ClN2O2/c19-16-7-5-14(9-13(16)11-20)21-18(22)8-6-15-10-12-3-1-2-4-17(12)23-15/h1-10H,(H,21,22)/b8-6+. The first-order valence-corrected chi connectivity index (χ1v) is 7.21. The Balaban J connectivity index is 1.72. The second-order valence-corrected chi connectivity index (χ2v) is 5.22. The molecule has 0 aliphatic heterocycles. The molecule has 23 heavy (non-hydrogen) atoms. The topological polar surface area (TPSA) is 66.0 Å². The second kappa shape index (κ2) is 6.39. The Morgan fingerprint density at radius 2 is 2.04 bits per heavy atom. The number of nitriles is 1. The Bertz CT molecular complexity index is 918. The zero-order chi connectivity index (χ0) is 16.2. The molecule has 0 radical (unpaired) electrons. The van der Waals surface area contributed by atoms with Crippen LogP contribution in [0.25, 0.3) is 17.0 Å². The van der Waals surface area contributed by atoms with Crippen LogP contribution < -0.4 is 5.32 Å². The van der Waals surface area contributed by atoms with Crippen molar-refractivity contribution in [2.24, 2.45) is 0 Å². The van der Waals surface area contributed by atoms with E-state index in [1.165, 1.54) is 12.1 Å². The summed E-state index contributed by atoms with van der Waals surface area (Å²) in [5.41, 5.74) is 1.58. The Hall–Kier alpha value is -3.03. The van der Waals surface area contributed by atoms with Crippen molar-refractivity contribution in [2.45, 2.75) is 0 Å². The van der Waals surface area contributed by atoms with Gasteiger partial charge in [-0.3, -0.25) is 4.79 Å². The molecule has 0 fully saturated rings. The smallest absolute Gasteiger partial charge is 0.248 e. The summed E-state index contributed by atoms with van der Waals surface area (Å²) in [6.45, 7) is 0. The highest BCUT2D eigenvalue weighted by molar-refractivity contribution is 6.31. The number of furan rings is 1. The molecule has 0 bridgehead atoms. The molecule has 0 unspecified atom stereocenters. The average Bonchev–Trinajstić information content (AvgIpc) is 2.97. The predicted molar refractivity (Wildman–Crippen MR) is 90.0 cm³/mol. The highest BCUT2D eigenvalue weighted by Crippen LogP contribution is 2.21. The first kappa shape index (κ1) is 14.9. The molecule has 0 saturated heterocycles. The van der Waals surface area contributed by atoms with Crippen molar-refractivity contribution in [3.63, 3.8) is 0 Å². The molecular formula is C18H11ClN2O2. The summed E-state index contributed by atoms with van der Waals surface area (Å²) >= 11 is 5.85. The van der Waals surface area contributed by atoms with Crippen LogP contribution in [0.2, 0.25) is 5.02 Å². The van der Waals surface area contributed by atoms with Crippen LogP contribution in [0.1, 0.15) is 11.3 Å². The van der Waals surface area contributed by atoms with Crippen molar-refractivity contribution in [2.75, 3.05) is 5.32 Å².